The monoisotopic (exact) mass is 289 g/mol. The average Bonchev–Trinajstić information content (AvgIpc) is 2.43. The maximum atomic E-state index is 12.3. The minimum absolute atomic E-state index is 0.125. The molecule has 0 saturated heterocycles. The molecule has 1 aromatic carbocycles. The number of hydrogen-bond acceptors (Lipinski definition) is 2. The summed E-state index contributed by atoms with van der Waals surface area (Å²) < 4.78 is 0. The van der Waals surface area contributed by atoms with Crippen molar-refractivity contribution < 1.29 is 14.7 Å². The molecular formula is C17H23NO3. The summed E-state index contributed by atoms with van der Waals surface area (Å²) >= 11 is 0. The molecule has 0 fully saturated rings. The highest BCUT2D eigenvalue weighted by Gasteiger charge is 2.15. The Labute approximate surface area is 125 Å². The third-order valence-electron chi connectivity index (χ3n) is 3.51. The number of carboxylic acids is 1. The molecule has 0 aliphatic carbocycles. The second-order valence-electron chi connectivity index (χ2n) is 5.48. The van der Waals surface area contributed by atoms with Crippen LogP contribution in [-0.2, 0) is 4.79 Å². The van der Waals surface area contributed by atoms with Gasteiger partial charge in [0.05, 0.1) is 0 Å². The molecule has 114 valence electrons. The molecule has 0 saturated carbocycles. The van der Waals surface area contributed by atoms with Crippen LogP contribution >= 0.6 is 0 Å². The minimum atomic E-state index is -1.00. The van der Waals surface area contributed by atoms with E-state index in [-0.39, 0.29) is 11.9 Å². The Balaban J connectivity index is 2.95. The number of benzene rings is 1. The van der Waals surface area contributed by atoms with Crippen molar-refractivity contribution in [2.45, 2.75) is 40.2 Å². The predicted molar refractivity (Wildman–Crippen MR) is 84.2 cm³/mol. The van der Waals surface area contributed by atoms with Gasteiger partial charge in [-0.3, -0.25) is 4.79 Å². The number of carbonyl (C=O) groups excluding carboxylic acids is 1. The third-order valence-corrected chi connectivity index (χ3v) is 3.51. The SMILES string of the molecule is CCC(NC(=O)c1ccc(C)c(/C=C/C(=O)O)c1)C(C)C. The smallest absolute Gasteiger partial charge is 0.328 e. The van der Waals surface area contributed by atoms with Gasteiger partial charge in [-0.2, -0.15) is 0 Å². The molecular weight excluding hydrogens is 266 g/mol. The fourth-order valence-electron chi connectivity index (χ4n) is 2.11. The fraction of sp³-hybridized carbons (Fsp3) is 0.412. The molecule has 0 heterocycles. The molecule has 0 aliphatic heterocycles. The molecule has 1 rings (SSSR count). The normalized spacial score (nSPS) is 12.6. The first-order valence-corrected chi connectivity index (χ1v) is 7.17. The molecule has 0 aliphatic rings. The lowest BCUT2D eigenvalue weighted by Gasteiger charge is -2.20. The standard InChI is InChI=1S/C17H23NO3/c1-5-15(11(2)3)18-17(21)14-7-6-12(4)13(10-14)8-9-16(19)20/h6-11,15H,5H2,1-4H3,(H,18,21)(H,19,20)/b9-8+. The highest BCUT2D eigenvalue weighted by molar-refractivity contribution is 5.95. The van der Waals surface area contributed by atoms with Crippen molar-refractivity contribution in [2.24, 2.45) is 5.92 Å². The molecule has 1 atom stereocenters. The molecule has 4 nitrogen and oxygen atoms in total. The summed E-state index contributed by atoms with van der Waals surface area (Å²) in [5.41, 5.74) is 2.22. The third kappa shape index (κ3) is 5.06. The van der Waals surface area contributed by atoms with Crippen LogP contribution in [0.15, 0.2) is 24.3 Å². The second kappa shape index (κ2) is 7.62. The Morgan fingerprint density at radius 2 is 2.00 bits per heavy atom. The summed E-state index contributed by atoms with van der Waals surface area (Å²) in [6, 6.07) is 5.44. The van der Waals surface area contributed by atoms with Gasteiger partial charge < -0.3 is 10.4 Å². The average molecular weight is 289 g/mol. The quantitative estimate of drug-likeness (QED) is 0.790. The van der Waals surface area contributed by atoms with Gasteiger partial charge in [0, 0.05) is 17.7 Å². The number of carbonyl (C=O) groups is 2. The summed E-state index contributed by atoms with van der Waals surface area (Å²) in [5, 5.41) is 11.7. The van der Waals surface area contributed by atoms with Gasteiger partial charge in [0.25, 0.3) is 5.91 Å². The van der Waals surface area contributed by atoms with Crippen molar-refractivity contribution in [1.82, 2.24) is 5.32 Å². The van der Waals surface area contributed by atoms with E-state index in [0.29, 0.717) is 11.5 Å². The molecule has 1 unspecified atom stereocenters. The van der Waals surface area contributed by atoms with E-state index >= 15 is 0 Å². The summed E-state index contributed by atoms with van der Waals surface area (Å²) in [4.78, 5) is 22.9. The van der Waals surface area contributed by atoms with Gasteiger partial charge in [0.2, 0.25) is 0 Å². The largest absolute Gasteiger partial charge is 0.478 e. The van der Waals surface area contributed by atoms with Gasteiger partial charge in [-0.25, -0.2) is 4.79 Å². The van der Waals surface area contributed by atoms with E-state index in [9.17, 15) is 9.59 Å². The van der Waals surface area contributed by atoms with Crippen molar-refractivity contribution in [3.63, 3.8) is 0 Å². The van der Waals surface area contributed by atoms with Crippen LogP contribution in [0.4, 0.5) is 0 Å². The first kappa shape index (κ1) is 17.0. The van der Waals surface area contributed by atoms with E-state index in [4.69, 9.17) is 5.11 Å². The second-order valence-corrected chi connectivity index (χ2v) is 5.48. The van der Waals surface area contributed by atoms with E-state index in [1.54, 1.807) is 12.1 Å². The van der Waals surface area contributed by atoms with E-state index < -0.39 is 5.97 Å². The minimum Gasteiger partial charge on any atom is -0.478 e. The number of nitrogens with one attached hydrogen (secondary N) is 1. The highest BCUT2D eigenvalue weighted by atomic mass is 16.4. The zero-order chi connectivity index (χ0) is 16.0. The van der Waals surface area contributed by atoms with Gasteiger partial charge in [-0.05, 0) is 48.6 Å². The predicted octanol–water partition coefficient (Wildman–Crippen LogP) is 3.26. The lowest BCUT2D eigenvalue weighted by molar-refractivity contribution is -0.131. The van der Waals surface area contributed by atoms with Crippen molar-refractivity contribution in [3.05, 3.63) is 41.0 Å². The zero-order valence-corrected chi connectivity index (χ0v) is 13.0. The number of rotatable bonds is 6. The number of hydrogen-bond donors (Lipinski definition) is 2. The first-order chi connectivity index (χ1) is 9.85. The van der Waals surface area contributed by atoms with E-state index in [2.05, 4.69) is 19.2 Å². The lowest BCUT2D eigenvalue weighted by atomic mass is 10.00. The van der Waals surface area contributed by atoms with Crippen LogP contribution in [-0.4, -0.2) is 23.0 Å². The summed E-state index contributed by atoms with van der Waals surface area (Å²) in [6.07, 6.45) is 3.46. The van der Waals surface area contributed by atoms with E-state index in [1.165, 1.54) is 6.08 Å². The summed E-state index contributed by atoms with van der Waals surface area (Å²) in [6.45, 7) is 8.07. The molecule has 1 amide bonds. The maximum absolute atomic E-state index is 12.3. The molecule has 4 heteroatoms. The molecule has 0 radical (unpaired) electrons. The van der Waals surface area contributed by atoms with E-state index in [0.717, 1.165) is 23.6 Å². The molecule has 2 N–H and O–H groups in total. The van der Waals surface area contributed by atoms with Crippen molar-refractivity contribution in [1.29, 1.82) is 0 Å². The van der Waals surface area contributed by atoms with Crippen LogP contribution < -0.4 is 5.32 Å². The van der Waals surface area contributed by atoms with Gasteiger partial charge in [-0.1, -0.05) is 26.8 Å². The van der Waals surface area contributed by atoms with Crippen LogP contribution in [0.2, 0.25) is 0 Å². The van der Waals surface area contributed by atoms with Crippen molar-refractivity contribution in [3.8, 4) is 0 Å². The van der Waals surface area contributed by atoms with Crippen LogP contribution in [0.3, 0.4) is 0 Å². The highest BCUT2D eigenvalue weighted by Crippen LogP contribution is 2.14. The van der Waals surface area contributed by atoms with Crippen LogP contribution in [0.25, 0.3) is 6.08 Å². The molecule has 0 aromatic heterocycles. The van der Waals surface area contributed by atoms with Gasteiger partial charge >= 0.3 is 5.97 Å². The summed E-state index contributed by atoms with van der Waals surface area (Å²) in [5.74, 6) is -0.758. The van der Waals surface area contributed by atoms with Gasteiger partial charge in [-0.15, -0.1) is 0 Å². The maximum Gasteiger partial charge on any atom is 0.328 e. The van der Waals surface area contributed by atoms with Crippen molar-refractivity contribution >= 4 is 18.0 Å². The number of amides is 1. The fourth-order valence-corrected chi connectivity index (χ4v) is 2.11. The molecule has 21 heavy (non-hydrogen) atoms. The van der Waals surface area contributed by atoms with E-state index in [1.807, 2.05) is 19.9 Å². The molecule has 1 aromatic rings. The Kier molecular flexibility index (Phi) is 6.15. The van der Waals surface area contributed by atoms with Gasteiger partial charge in [0.1, 0.15) is 0 Å². The van der Waals surface area contributed by atoms with Crippen LogP contribution in [0.1, 0.15) is 48.7 Å². The van der Waals surface area contributed by atoms with Crippen LogP contribution in [0.5, 0.6) is 0 Å². The number of aryl methyl sites for hydroxylation is 1. The Morgan fingerprint density at radius 3 is 2.52 bits per heavy atom. The van der Waals surface area contributed by atoms with Gasteiger partial charge in [0.15, 0.2) is 0 Å². The Hall–Kier alpha value is -2.10. The molecule has 0 bridgehead atoms. The Morgan fingerprint density at radius 1 is 1.33 bits per heavy atom. The topological polar surface area (TPSA) is 66.4 Å². The molecule has 0 spiro atoms. The van der Waals surface area contributed by atoms with Crippen LogP contribution in [0, 0.1) is 12.8 Å². The zero-order valence-electron chi connectivity index (χ0n) is 13.0. The lowest BCUT2D eigenvalue weighted by Crippen LogP contribution is -2.38. The Bertz CT molecular complexity index is 547. The number of carboxylic acid groups (broad SMARTS) is 1. The van der Waals surface area contributed by atoms with Crippen molar-refractivity contribution in [2.75, 3.05) is 0 Å². The first-order valence-electron chi connectivity index (χ1n) is 7.17. The summed E-state index contributed by atoms with van der Waals surface area (Å²) in [7, 11) is 0. The number of aliphatic carboxylic acids is 1.